The molecule has 2 rings (SSSR count). The summed E-state index contributed by atoms with van der Waals surface area (Å²) in [6.45, 7) is 8.68. The predicted molar refractivity (Wildman–Crippen MR) is 105 cm³/mol. The second-order valence-corrected chi connectivity index (χ2v) is 7.54. The monoisotopic (exact) mass is 348 g/mol. The molecule has 1 heterocycles. The number of thiazole rings is 1. The standard InChI is InChI=1S/C19H32N4S/c1-4-6-9-15-23(3)19(20-5-2)21-14-10-13-18-22-16-11-7-8-12-17(16)24-18/h4H,1,5-15H2,2-3H3,(H,20,21). The number of aromatic nitrogens is 1. The first-order valence-corrected chi connectivity index (χ1v) is 10.1. The number of fused-ring (bicyclic) bond motifs is 1. The Labute approximate surface area is 151 Å². The number of hydrogen-bond acceptors (Lipinski definition) is 3. The Bertz CT molecular complexity index is 512. The molecule has 0 aromatic carbocycles. The average Bonchev–Trinajstić information content (AvgIpc) is 3.00. The zero-order valence-electron chi connectivity index (χ0n) is 15.3. The molecule has 5 heteroatoms. The highest BCUT2D eigenvalue weighted by atomic mass is 32.1. The number of guanidine groups is 1. The number of aryl methyl sites for hydroxylation is 3. The molecule has 1 aliphatic rings. The van der Waals surface area contributed by atoms with Gasteiger partial charge in [0.1, 0.15) is 0 Å². The van der Waals surface area contributed by atoms with Crippen LogP contribution in [0.2, 0.25) is 0 Å². The van der Waals surface area contributed by atoms with E-state index in [2.05, 4.69) is 30.8 Å². The van der Waals surface area contributed by atoms with Gasteiger partial charge in [-0.05, 0) is 51.9 Å². The maximum absolute atomic E-state index is 4.82. The normalized spacial score (nSPS) is 14.3. The summed E-state index contributed by atoms with van der Waals surface area (Å²) in [7, 11) is 2.11. The van der Waals surface area contributed by atoms with Crippen molar-refractivity contribution in [3.8, 4) is 0 Å². The largest absolute Gasteiger partial charge is 0.357 e. The molecule has 1 aromatic heterocycles. The van der Waals surface area contributed by atoms with Gasteiger partial charge in [0.25, 0.3) is 0 Å². The van der Waals surface area contributed by atoms with Gasteiger partial charge in [0.2, 0.25) is 0 Å². The smallest absolute Gasteiger partial charge is 0.193 e. The van der Waals surface area contributed by atoms with Crippen LogP contribution in [0, 0.1) is 0 Å². The SMILES string of the molecule is C=CCCCN(C)C(=NCCCc1nc2c(s1)CCCC2)NCC. The van der Waals surface area contributed by atoms with Crippen LogP contribution in [0.4, 0.5) is 0 Å². The van der Waals surface area contributed by atoms with Crippen LogP contribution < -0.4 is 5.32 Å². The molecule has 0 unspecified atom stereocenters. The van der Waals surface area contributed by atoms with Gasteiger partial charge in [0, 0.05) is 38.0 Å². The minimum atomic E-state index is 0.860. The van der Waals surface area contributed by atoms with Gasteiger partial charge in [-0.15, -0.1) is 17.9 Å². The highest BCUT2D eigenvalue weighted by Crippen LogP contribution is 2.27. The van der Waals surface area contributed by atoms with Crippen LogP contribution in [0.5, 0.6) is 0 Å². The van der Waals surface area contributed by atoms with Gasteiger partial charge in [0.05, 0.1) is 10.7 Å². The Kier molecular flexibility index (Phi) is 8.29. The van der Waals surface area contributed by atoms with Gasteiger partial charge < -0.3 is 10.2 Å². The van der Waals surface area contributed by atoms with E-state index in [-0.39, 0.29) is 0 Å². The first-order chi connectivity index (χ1) is 11.7. The summed E-state index contributed by atoms with van der Waals surface area (Å²) in [5, 5.41) is 4.69. The van der Waals surface area contributed by atoms with Crippen LogP contribution in [-0.2, 0) is 19.3 Å². The molecule has 0 radical (unpaired) electrons. The maximum Gasteiger partial charge on any atom is 0.193 e. The third-order valence-electron chi connectivity index (χ3n) is 4.30. The summed E-state index contributed by atoms with van der Waals surface area (Å²) >= 11 is 1.93. The van der Waals surface area contributed by atoms with Crippen molar-refractivity contribution in [1.82, 2.24) is 15.2 Å². The number of allylic oxidation sites excluding steroid dienone is 1. The summed E-state index contributed by atoms with van der Waals surface area (Å²) in [6, 6.07) is 0. The Balaban J connectivity index is 1.78. The lowest BCUT2D eigenvalue weighted by Crippen LogP contribution is -2.39. The highest BCUT2D eigenvalue weighted by molar-refractivity contribution is 7.11. The molecule has 4 nitrogen and oxygen atoms in total. The molecule has 0 fully saturated rings. The number of nitrogens with one attached hydrogen (secondary N) is 1. The summed E-state index contributed by atoms with van der Waals surface area (Å²) in [5.74, 6) is 1.01. The summed E-state index contributed by atoms with van der Waals surface area (Å²) in [5.41, 5.74) is 1.38. The van der Waals surface area contributed by atoms with E-state index in [1.165, 1.54) is 41.3 Å². The fourth-order valence-electron chi connectivity index (χ4n) is 2.98. The van der Waals surface area contributed by atoms with Crippen LogP contribution in [0.15, 0.2) is 17.6 Å². The van der Waals surface area contributed by atoms with Crippen molar-refractivity contribution in [2.75, 3.05) is 26.7 Å². The molecule has 0 saturated carbocycles. The van der Waals surface area contributed by atoms with Crippen molar-refractivity contribution < 1.29 is 0 Å². The van der Waals surface area contributed by atoms with Gasteiger partial charge in [-0.25, -0.2) is 4.98 Å². The Morgan fingerprint density at radius 3 is 2.96 bits per heavy atom. The van der Waals surface area contributed by atoms with Gasteiger partial charge >= 0.3 is 0 Å². The van der Waals surface area contributed by atoms with Crippen LogP contribution in [0.25, 0.3) is 0 Å². The van der Waals surface area contributed by atoms with E-state index >= 15 is 0 Å². The molecule has 1 aliphatic carbocycles. The summed E-state index contributed by atoms with van der Waals surface area (Å²) in [6.07, 6.45) is 11.4. The van der Waals surface area contributed by atoms with E-state index in [1.54, 1.807) is 0 Å². The van der Waals surface area contributed by atoms with Crippen molar-refractivity contribution in [1.29, 1.82) is 0 Å². The first kappa shape index (κ1) is 19.0. The first-order valence-electron chi connectivity index (χ1n) is 9.32. The van der Waals surface area contributed by atoms with Gasteiger partial charge in [0.15, 0.2) is 5.96 Å². The minimum absolute atomic E-state index is 0.860. The molecular weight excluding hydrogens is 316 g/mol. The molecule has 0 saturated heterocycles. The topological polar surface area (TPSA) is 40.5 Å². The van der Waals surface area contributed by atoms with Crippen LogP contribution in [0.3, 0.4) is 0 Å². The molecule has 0 aliphatic heterocycles. The molecule has 0 spiro atoms. The minimum Gasteiger partial charge on any atom is -0.357 e. The Hall–Kier alpha value is -1.36. The second kappa shape index (κ2) is 10.5. The lowest BCUT2D eigenvalue weighted by atomic mass is 10.0. The lowest BCUT2D eigenvalue weighted by molar-refractivity contribution is 0.470. The van der Waals surface area contributed by atoms with Crippen molar-refractivity contribution >= 4 is 17.3 Å². The number of nitrogens with zero attached hydrogens (tertiary/aromatic N) is 3. The number of rotatable bonds is 9. The zero-order valence-corrected chi connectivity index (χ0v) is 16.1. The summed E-state index contributed by atoms with van der Waals surface area (Å²) in [4.78, 5) is 13.3. The van der Waals surface area contributed by atoms with E-state index in [0.29, 0.717) is 0 Å². The van der Waals surface area contributed by atoms with Gasteiger partial charge in [-0.1, -0.05) is 6.08 Å². The van der Waals surface area contributed by atoms with Crippen LogP contribution in [-0.4, -0.2) is 42.5 Å². The second-order valence-electron chi connectivity index (χ2n) is 6.38. The van der Waals surface area contributed by atoms with Crippen molar-refractivity contribution in [3.63, 3.8) is 0 Å². The van der Waals surface area contributed by atoms with E-state index in [0.717, 1.165) is 51.3 Å². The van der Waals surface area contributed by atoms with E-state index in [1.807, 2.05) is 17.4 Å². The average molecular weight is 349 g/mol. The lowest BCUT2D eigenvalue weighted by Gasteiger charge is -2.21. The predicted octanol–water partition coefficient (Wildman–Crippen LogP) is 3.82. The molecule has 1 N–H and O–H groups in total. The maximum atomic E-state index is 4.82. The molecule has 0 bridgehead atoms. The van der Waals surface area contributed by atoms with Crippen LogP contribution in [0.1, 0.15) is 54.6 Å². The van der Waals surface area contributed by atoms with E-state index < -0.39 is 0 Å². The fraction of sp³-hybridized carbons (Fsp3) is 0.684. The van der Waals surface area contributed by atoms with E-state index in [9.17, 15) is 0 Å². The number of aliphatic imine (C=N–C) groups is 1. The molecule has 134 valence electrons. The molecule has 1 aromatic rings. The summed E-state index contributed by atoms with van der Waals surface area (Å²) < 4.78 is 0. The van der Waals surface area contributed by atoms with Crippen molar-refractivity contribution in [2.24, 2.45) is 4.99 Å². The third-order valence-corrected chi connectivity index (χ3v) is 5.52. The molecular formula is C19H32N4S. The number of unbranched alkanes of at least 4 members (excludes halogenated alkanes) is 1. The quantitative estimate of drug-likeness (QED) is 0.319. The fourth-order valence-corrected chi connectivity index (χ4v) is 4.17. The molecule has 24 heavy (non-hydrogen) atoms. The van der Waals surface area contributed by atoms with Crippen molar-refractivity contribution in [2.45, 2.75) is 58.3 Å². The zero-order chi connectivity index (χ0) is 17.2. The Morgan fingerprint density at radius 2 is 2.21 bits per heavy atom. The van der Waals surface area contributed by atoms with Crippen LogP contribution >= 0.6 is 11.3 Å². The van der Waals surface area contributed by atoms with E-state index in [4.69, 9.17) is 9.98 Å². The molecule has 0 atom stereocenters. The van der Waals surface area contributed by atoms with Gasteiger partial charge in [-0.3, -0.25) is 4.99 Å². The molecule has 0 amide bonds. The number of hydrogen-bond donors (Lipinski definition) is 1. The Morgan fingerprint density at radius 1 is 1.38 bits per heavy atom. The van der Waals surface area contributed by atoms with Crippen molar-refractivity contribution in [3.05, 3.63) is 28.2 Å². The third kappa shape index (κ3) is 5.93. The van der Waals surface area contributed by atoms with Gasteiger partial charge in [-0.2, -0.15) is 0 Å². The highest BCUT2D eigenvalue weighted by Gasteiger charge is 2.14.